The molecule has 0 spiro atoms. The molecule has 0 unspecified atom stereocenters. The highest BCUT2D eigenvalue weighted by Gasteiger charge is 2.09. The van der Waals surface area contributed by atoms with Gasteiger partial charge in [0.05, 0.1) is 0 Å². The summed E-state index contributed by atoms with van der Waals surface area (Å²) in [5, 5.41) is -0.104. The molecular formula is C8H12N2O2S. The van der Waals surface area contributed by atoms with Crippen molar-refractivity contribution in [3.63, 3.8) is 0 Å². The van der Waals surface area contributed by atoms with E-state index in [-0.39, 0.29) is 5.16 Å². The molecule has 1 heterocycles. The summed E-state index contributed by atoms with van der Waals surface area (Å²) in [6.45, 7) is 2.05. The molecule has 0 saturated carbocycles. The fourth-order valence-corrected chi connectivity index (χ4v) is 1.44. The van der Waals surface area contributed by atoms with Crippen molar-refractivity contribution in [3.05, 3.63) is 18.0 Å². The highest BCUT2D eigenvalue weighted by molar-refractivity contribution is 7.90. The van der Waals surface area contributed by atoms with Gasteiger partial charge in [0.1, 0.15) is 0 Å². The minimum atomic E-state index is -3.26. The van der Waals surface area contributed by atoms with E-state index in [0.717, 1.165) is 24.7 Å². The average molecular weight is 200 g/mol. The molecule has 0 bridgehead atoms. The Morgan fingerprint density at radius 2 is 1.85 bits per heavy atom. The van der Waals surface area contributed by atoms with Crippen molar-refractivity contribution in [2.45, 2.75) is 24.9 Å². The third kappa shape index (κ3) is 2.77. The van der Waals surface area contributed by atoms with E-state index in [1.807, 2.05) is 6.92 Å². The van der Waals surface area contributed by atoms with Gasteiger partial charge in [0.15, 0.2) is 0 Å². The Labute approximate surface area is 78.0 Å². The van der Waals surface area contributed by atoms with E-state index in [0.29, 0.717) is 0 Å². The fraction of sp³-hybridized carbons (Fsp3) is 0.500. The molecule has 5 heteroatoms. The number of hydrogen-bond donors (Lipinski definition) is 0. The molecule has 0 aliphatic rings. The van der Waals surface area contributed by atoms with Crippen molar-refractivity contribution in [2.75, 3.05) is 6.26 Å². The van der Waals surface area contributed by atoms with Crippen molar-refractivity contribution in [1.29, 1.82) is 0 Å². The van der Waals surface area contributed by atoms with Gasteiger partial charge in [-0.2, -0.15) is 0 Å². The largest absolute Gasteiger partial charge is 0.246 e. The Hall–Kier alpha value is -0.970. The van der Waals surface area contributed by atoms with Crippen LogP contribution in [-0.4, -0.2) is 24.6 Å². The van der Waals surface area contributed by atoms with E-state index in [1.54, 1.807) is 12.4 Å². The highest BCUT2D eigenvalue weighted by Crippen LogP contribution is 2.03. The van der Waals surface area contributed by atoms with Crippen molar-refractivity contribution in [3.8, 4) is 0 Å². The van der Waals surface area contributed by atoms with Crippen LogP contribution in [0.5, 0.6) is 0 Å². The first kappa shape index (κ1) is 10.1. The van der Waals surface area contributed by atoms with E-state index in [2.05, 4.69) is 9.97 Å². The Kier molecular flexibility index (Phi) is 2.98. The molecule has 0 N–H and O–H groups in total. The van der Waals surface area contributed by atoms with Crippen LogP contribution in [0.3, 0.4) is 0 Å². The zero-order chi connectivity index (χ0) is 9.90. The smallest absolute Gasteiger partial charge is 0.227 e. The topological polar surface area (TPSA) is 59.9 Å². The molecule has 0 fully saturated rings. The average Bonchev–Trinajstić information content (AvgIpc) is 2.04. The molecule has 1 rings (SSSR count). The van der Waals surface area contributed by atoms with Gasteiger partial charge in [0.25, 0.3) is 0 Å². The van der Waals surface area contributed by atoms with Crippen molar-refractivity contribution in [1.82, 2.24) is 9.97 Å². The second-order valence-corrected chi connectivity index (χ2v) is 4.81. The number of aromatic nitrogens is 2. The van der Waals surface area contributed by atoms with Crippen LogP contribution in [0, 0.1) is 0 Å². The molecule has 0 saturated heterocycles. The predicted octanol–water partition coefficient (Wildman–Crippen LogP) is 0.833. The lowest BCUT2D eigenvalue weighted by atomic mass is 10.2. The molecule has 4 nitrogen and oxygen atoms in total. The van der Waals surface area contributed by atoms with Gasteiger partial charge in [0, 0.05) is 18.6 Å². The summed E-state index contributed by atoms with van der Waals surface area (Å²) < 4.78 is 22.0. The second-order valence-electron chi connectivity index (χ2n) is 2.90. The molecule has 13 heavy (non-hydrogen) atoms. The van der Waals surface area contributed by atoms with Crippen LogP contribution in [0.25, 0.3) is 0 Å². The van der Waals surface area contributed by atoms with Gasteiger partial charge in [-0.25, -0.2) is 18.4 Å². The predicted molar refractivity (Wildman–Crippen MR) is 49.1 cm³/mol. The van der Waals surface area contributed by atoms with Gasteiger partial charge in [-0.3, -0.25) is 0 Å². The lowest BCUT2D eigenvalue weighted by Crippen LogP contribution is -2.04. The van der Waals surface area contributed by atoms with Gasteiger partial charge >= 0.3 is 0 Å². The number of aryl methyl sites for hydroxylation is 1. The monoisotopic (exact) mass is 200 g/mol. The minimum absolute atomic E-state index is 0.104. The normalized spacial score (nSPS) is 11.5. The summed E-state index contributed by atoms with van der Waals surface area (Å²) in [4.78, 5) is 7.54. The SMILES string of the molecule is CCCc1cnc(S(C)(=O)=O)nc1. The van der Waals surface area contributed by atoms with Gasteiger partial charge in [-0.15, -0.1) is 0 Å². The zero-order valence-corrected chi connectivity index (χ0v) is 8.50. The second kappa shape index (κ2) is 3.83. The first-order valence-corrected chi connectivity index (χ1v) is 5.94. The Bertz CT molecular complexity index is 370. The van der Waals surface area contributed by atoms with E-state index in [4.69, 9.17) is 0 Å². The number of rotatable bonds is 3. The summed E-state index contributed by atoms with van der Waals surface area (Å²) in [5.41, 5.74) is 0.968. The van der Waals surface area contributed by atoms with Gasteiger partial charge in [-0.1, -0.05) is 13.3 Å². The molecule has 0 aliphatic carbocycles. The summed E-state index contributed by atoms with van der Waals surface area (Å²) in [5.74, 6) is 0. The van der Waals surface area contributed by atoms with E-state index in [9.17, 15) is 8.42 Å². The number of nitrogens with zero attached hydrogens (tertiary/aromatic N) is 2. The third-order valence-electron chi connectivity index (χ3n) is 1.55. The molecule has 0 aliphatic heterocycles. The lowest BCUT2D eigenvalue weighted by Gasteiger charge is -1.98. The van der Waals surface area contributed by atoms with E-state index in [1.165, 1.54) is 0 Å². The van der Waals surface area contributed by atoms with Crippen LogP contribution < -0.4 is 0 Å². The van der Waals surface area contributed by atoms with Crippen LogP contribution in [-0.2, 0) is 16.3 Å². The fourth-order valence-electron chi connectivity index (χ4n) is 0.952. The van der Waals surface area contributed by atoms with Crippen LogP contribution >= 0.6 is 0 Å². The van der Waals surface area contributed by atoms with Crippen LogP contribution in [0.1, 0.15) is 18.9 Å². The first-order valence-electron chi connectivity index (χ1n) is 4.05. The van der Waals surface area contributed by atoms with Crippen molar-refractivity contribution in [2.24, 2.45) is 0 Å². The molecule has 72 valence electrons. The summed E-state index contributed by atoms with van der Waals surface area (Å²) in [6, 6.07) is 0. The summed E-state index contributed by atoms with van der Waals surface area (Å²) in [6.07, 6.45) is 6.10. The summed E-state index contributed by atoms with van der Waals surface area (Å²) in [7, 11) is -3.26. The highest BCUT2D eigenvalue weighted by atomic mass is 32.2. The maximum Gasteiger partial charge on any atom is 0.246 e. The van der Waals surface area contributed by atoms with Crippen molar-refractivity contribution < 1.29 is 8.42 Å². The molecule has 1 aromatic rings. The number of sulfone groups is 1. The molecule has 1 aromatic heterocycles. The van der Waals surface area contributed by atoms with Crippen LogP contribution in [0.2, 0.25) is 0 Å². The van der Waals surface area contributed by atoms with Gasteiger partial charge in [-0.05, 0) is 12.0 Å². The van der Waals surface area contributed by atoms with Gasteiger partial charge in [0.2, 0.25) is 15.0 Å². The molecular weight excluding hydrogens is 188 g/mol. The van der Waals surface area contributed by atoms with Crippen molar-refractivity contribution >= 4 is 9.84 Å². The quantitative estimate of drug-likeness (QED) is 0.678. The maximum absolute atomic E-state index is 11.0. The van der Waals surface area contributed by atoms with E-state index < -0.39 is 9.84 Å². The Balaban J connectivity index is 2.94. The maximum atomic E-state index is 11.0. The first-order chi connectivity index (χ1) is 6.04. The zero-order valence-electron chi connectivity index (χ0n) is 7.69. The third-order valence-corrected chi connectivity index (χ3v) is 2.43. The standard InChI is InChI=1S/C8H12N2O2S/c1-3-4-7-5-9-8(10-6-7)13(2,11)12/h5-6H,3-4H2,1-2H3. The lowest BCUT2D eigenvalue weighted by molar-refractivity contribution is 0.592. The molecule has 0 amide bonds. The summed E-state index contributed by atoms with van der Waals surface area (Å²) >= 11 is 0. The molecule has 0 aromatic carbocycles. The van der Waals surface area contributed by atoms with E-state index >= 15 is 0 Å². The van der Waals surface area contributed by atoms with Crippen LogP contribution in [0.15, 0.2) is 17.6 Å². The Morgan fingerprint density at radius 3 is 2.23 bits per heavy atom. The van der Waals surface area contributed by atoms with Gasteiger partial charge < -0.3 is 0 Å². The molecule has 0 atom stereocenters. The molecule has 0 radical (unpaired) electrons. The Morgan fingerprint density at radius 1 is 1.31 bits per heavy atom. The van der Waals surface area contributed by atoms with Crippen LogP contribution in [0.4, 0.5) is 0 Å². The number of hydrogen-bond acceptors (Lipinski definition) is 4. The minimum Gasteiger partial charge on any atom is -0.227 e.